The number of rotatable bonds is 4. The fraction of sp³-hybridized carbons (Fsp3) is 0.435. The predicted octanol–water partition coefficient (Wildman–Crippen LogP) is 2.31. The van der Waals surface area contributed by atoms with Crippen molar-refractivity contribution >= 4 is 11.8 Å². The number of nitrogens with zero attached hydrogens (tertiary/aromatic N) is 2. The highest BCUT2D eigenvalue weighted by atomic mass is 19.1. The van der Waals surface area contributed by atoms with E-state index in [0.717, 1.165) is 0 Å². The zero-order valence-corrected chi connectivity index (χ0v) is 16.9. The molecule has 2 aromatic rings. The van der Waals surface area contributed by atoms with Gasteiger partial charge in [-0.25, -0.2) is 4.39 Å². The Labute approximate surface area is 175 Å². The van der Waals surface area contributed by atoms with Crippen molar-refractivity contribution in [3.05, 3.63) is 65.7 Å². The van der Waals surface area contributed by atoms with Crippen LogP contribution in [0.3, 0.4) is 0 Å². The molecular formula is C23H26FN3O3. The molecule has 1 aromatic heterocycles. The number of aromatic nitrogens is 1. The van der Waals surface area contributed by atoms with Crippen LogP contribution in [-0.2, 0) is 25.2 Å². The number of nitrogens with two attached hydrogens (primary N) is 1. The topological polar surface area (TPSA) is 85.5 Å². The molecule has 30 heavy (non-hydrogen) atoms. The van der Waals surface area contributed by atoms with Gasteiger partial charge in [0.05, 0.1) is 11.1 Å². The van der Waals surface area contributed by atoms with Crippen LogP contribution in [-0.4, -0.2) is 48.0 Å². The fourth-order valence-electron chi connectivity index (χ4n) is 4.88. The summed E-state index contributed by atoms with van der Waals surface area (Å²) in [5.41, 5.74) is 4.76. The summed E-state index contributed by atoms with van der Waals surface area (Å²) in [6.45, 7) is 1.41. The maximum absolute atomic E-state index is 14.8. The second kappa shape index (κ2) is 8.14. The Morgan fingerprint density at radius 1 is 1.03 bits per heavy atom. The van der Waals surface area contributed by atoms with E-state index in [-0.39, 0.29) is 12.5 Å². The van der Waals surface area contributed by atoms with Crippen LogP contribution in [0.2, 0.25) is 0 Å². The van der Waals surface area contributed by atoms with Gasteiger partial charge in [-0.15, -0.1) is 0 Å². The lowest BCUT2D eigenvalue weighted by atomic mass is 9.70. The number of ether oxygens (including phenoxy) is 1. The molecule has 0 aliphatic carbocycles. The number of amides is 2. The summed E-state index contributed by atoms with van der Waals surface area (Å²) in [4.78, 5) is 32.5. The van der Waals surface area contributed by atoms with Gasteiger partial charge < -0.3 is 15.4 Å². The van der Waals surface area contributed by atoms with Crippen LogP contribution in [0.4, 0.5) is 4.39 Å². The van der Waals surface area contributed by atoms with Crippen LogP contribution in [0, 0.1) is 5.82 Å². The van der Waals surface area contributed by atoms with Crippen molar-refractivity contribution in [3.8, 4) is 0 Å². The van der Waals surface area contributed by atoms with E-state index in [1.165, 1.54) is 6.07 Å². The predicted molar refractivity (Wildman–Crippen MR) is 109 cm³/mol. The van der Waals surface area contributed by atoms with E-state index in [9.17, 15) is 14.0 Å². The number of likely N-dealkylation sites (tertiary alicyclic amines) is 1. The van der Waals surface area contributed by atoms with Gasteiger partial charge in [-0.3, -0.25) is 14.6 Å². The summed E-state index contributed by atoms with van der Waals surface area (Å²) in [5.74, 6) is -1.06. The third-order valence-corrected chi connectivity index (χ3v) is 6.55. The minimum absolute atomic E-state index is 0.148. The molecule has 0 radical (unpaired) electrons. The number of carbonyl (C=O) groups is 2. The van der Waals surface area contributed by atoms with E-state index in [4.69, 9.17) is 10.5 Å². The van der Waals surface area contributed by atoms with Gasteiger partial charge in [0.15, 0.2) is 0 Å². The first kappa shape index (κ1) is 20.5. The quantitative estimate of drug-likeness (QED) is 0.837. The van der Waals surface area contributed by atoms with E-state index >= 15 is 0 Å². The number of piperidine rings is 1. The lowest BCUT2D eigenvalue weighted by molar-refractivity contribution is -0.145. The first-order valence-corrected chi connectivity index (χ1v) is 10.3. The van der Waals surface area contributed by atoms with Crippen molar-refractivity contribution in [2.24, 2.45) is 5.73 Å². The molecule has 4 rings (SSSR count). The molecule has 0 saturated carbocycles. The SMILES string of the molecule is NC(=O)[C@]1(c2ccccn2)CCCN(C(=O)C2(c3ccccc3F)CCOCC2)C1. The van der Waals surface area contributed by atoms with Gasteiger partial charge in [0.25, 0.3) is 0 Å². The Morgan fingerprint density at radius 2 is 1.77 bits per heavy atom. The van der Waals surface area contributed by atoms with Crippen molar-refractivity contribution < 1.29 is 18.7 Å². The summed E-state index contributed by atoms with van der Waals surface area (Å²) in [7, 11) is 0. The highest BCUT2D eigenvalue weighted by molar-refractivity contribution is 5.91. The summed E-state index contributed by atoms with van der Waals surface area (Å²) in [6.07, 6.45) is 3.57. The second-order valence-electron chi connectivity index (χ2n) is 8.17. The maximum atomic E-state index is 14.8. The van der Waals surface area contributed by atoms with Crippen LogP contribution in [0.15, 0.2) is 48.7 Å². The van der Waals surface area contributed by atoms with Gasteiger partial charge >= 0.3 is 0 Å². The van der Waals surface area contributed by atoms with E-state index in [2.05, 4.69) is 4.98 Å². The van der Waals surface area contributed by atoms with Crippen LogP contribution >= 0.6 is 0 Å². The number of halogens is 1. The van der Waals surface area contributed by atoms with Gasteiger partial charge in [0, 0.05) is 38.1 Å². The Kier molecular flexibility index (Phi) is 5.56. The molecule has 2 aliphatic heterocycles. The minimum Gasteiger partial charge on any atom is -0.381 e. The highest BCUT2D eigenvalue weighted by Gasteiger charge is 2.50. The van der Waals surface area contributed by atoms with Crippen molar-refractivity contribution in [1.29, 1.82) is 0 Å². The monoisotopic (exact) mass is 411 g/mol. The molecule has 2 N–H and O–H groups in total. The molecule has 3 heterocycles. The molecule has 0 bridgehead atoms. The molecule has 1 atom stereocenters. The van der Waals surface area contributed by atoms with Gasteiger partial charge in [0.1, 0.15) is 11.2 Å². The fourth-order valence-corrected chi connectivity index (χ4v) is 4.88. The number of benzene rings is 1. The Balaban J connectivity index is 1.72. The van der Waals surface area contributed by atoms with Crippen molar-refractivity contribution in [2.75, 3.05) is 26.3 Å². The molecule has 0 unspecified atom stereocenters. The smallest absolute Gasteiger partial charge is 0.233 e. The standard InChI is InChI=1S/C23H26FN3O3/c24-18-7-2-1-6-17(18)22(10-14-30-15-11-22)21(29)27-13-5-9-23(16-27,20(25)28)19-8-3-4-12-26-19/h1-4,6-8,12H,5,9-11,13-16H2,(H2,25,28)/t23-/m1/s1. The first-order valence-electron chi connectivity index (χ1n) is 10.3. The van der Waals surface area contributed by atoms with Crippen molar-refractivity contribution in [3.63, 3.8) is 0 Å². The molecule has 0 spiro atoms. The van der Waals surface area contributed by atoms with Crippen LogP contribution in [0.5, 0.6) is 0 Å². The van der Waals surface area contributed by atoms with Gasteiger partial charge in [-0.05, 0) is 43.9 Å². The van der Waals surface area contributed by atoms with Gasteiger partial charge in [-0.2, -0.15) is 0 Å². The molecule has 2 saturated heterocycles. The lowest BCUT2D eigenvalue weighted by Gasteiger charge is -2.45. The molecule has 158 valence electrons. The number of carbonyl (C=O) groups excluding carboxylic acids is 2. The van der Waals surface area contributed by atoms with Crippen molar-refractivity contribution in [2.45, 2.75) is 36.5 Å². The highest BCUT2D eigenvalue weighted by Crippen LogP contribution is 2.41. The van der Waals surface area contributed by atoms with E-state index in [1.807, 2.05) is 6.07 Å². The minimum atomic E-state index is -1.04. The molecule has 1 aromatic carbocycles. The summed E-state index contributed by atoms with van der Waals surface area (Å²) in [5, 5.41) is 0. The van der Waals surface area contributed by atoms with Gasteiger partial charge in [0.2, 0.25) is 11.8 Å². The number of hydrogen-bond donors (Lipinski definition) is 1. The Bertz CT molecular complexity index is 930. The van der Waals surface area contributed by atoms with E-state index < -0.39 is 22.6 Å². The molecule has 2 fully saturated rings. The average molecular weight is 411 g/mol. The molecule has 6 nitrogen and oxygen atoms in total. The average Bonchev–Trinajstić information content (AvgIpc) is 2.80. The van der Waals surface area contributed by atoms with Crippen LogP contribution in [0.25, 0.3) is 0 Å². The number of pyridine rings is 1. The Hall–Kier alpha value is -2.80. The van der Waals surface area contributed by atoms with Crippen LogP contribution in [0.1, 0.15) is 36.9 Å². The van der Waals surface area contributed by atoms with Gasteiger partial charge in [-0.1, -0.05) is 24.3 Å². The molecule has 7 heteroatoms. The maximum Gasteiger partial charge on any atom is 0.233 e. The number of hydrogen-bond acceptors (Lipinski definition) is 4. The summed E-state index contributed by atoms with van der Waals surface area (Å²) in [6, 6.07) is 11.8. The molecule has 2 amide bonds. The first-order chi connectivity index (χ1) is 14.5. The van der Waals surface area contributed by atoms with Crippen LogP contribution < -0.4 is 5.73 Å². The molecular weight excluding hydrogens is 385 g/mol. The largest absolute Gasteiger partial charge is 0.381 e. The third kappa shape index (κ3) is 3.37. The third-order valence-electron chi connectivity index (χ3n) is 6.55. The van der Waals surface area contributed by atoms with E-state index in [0.29, 0.717) is 56.7 Å². The van der Waals surface area contributed by atoms with Crippen molar-refractivity contribution in [1.82, 2.24) is 9.88 Å². The lowest BCUT2D eigenvalue weighted by Crippen LogP contribution is -2.59. The Morgan fingerprint density at radius 3 is 2.43 bits per heavy atom. The summed E-state index contributed by atoms with van der Waals surface area (Å²) < 4.78 is 20.3. The zero-order chi connectivity index (χ0) is 21.2. The number of primary amides is 1. The second-order valence-corrected chi connectivity index (χ2v) is 8.17. The normalized spacial score (nSPS) is 23.7. The molecule has 2 aliphatic rings. The van der Waals surface area contributed by atoms with E-state index in [1.54, 1.807) is 41.4 Å². The summed E-state index contributed by atoms with van der Waals surface area (Å²) >= 11 is 0. The zero-order valence-electron chi connectivity index (χ0n) is 16.9.